The summed E-state index contributed by atoms with van der Waals surface area (Å²) in [4.78, 5) is 11.6. The Hall–Kier alpha value is -3.34. The molecule has 3 aromatic carbocycles. The standard InChI is InChI=1S/C34H39FO4/c1-33(2)16-6-9-30(33)28-17-22(10-14-27(28)29-19-25(38-4)13-15-31(29)35)21-39-26-8-5-7-24(18-26)34(3,20-32(36)37)23-11-12-23/h5,7-8,10,13-15,17-19,23,30H,6,9,11-12,16,20-21H2,1-4H3,(H,36,37)/t30-,34?/m1/s1. The predicted octanol–water partition coefficient (Wildman–Crippen LogP) is 8.52. The van der Waals surface area contributed by atoms with Crippen LogP contribution >= 0.6 is 0 Å². The maximum atomic E-state index is 15.1. The lowest BCUT2D eigenvalue weighted by Gasteiger charge is -2.30. The number of rotatable bonds is 10. The van der Waals surface area contributed by atoms with Gasteiger partial charge in [-0.1, -0.05) is 57.5 Å². The lowest BCUT2D eigenvalue weighted by Crippen LogP contribution is -2.28. The second-order valence-corrected chi connectivity index (χ2v) is 12.3. The minimum absolute atomic E-state index is 0.115. The highest BCUT2D eigenvalue weighted by Crippen LogP contribution is 2.52. The second kappa shape index (κ2) is 10.7. The van der Waals surface area contributed by atoms with Crippen molar-refractivity contribution < 1.29 is 23.8 Å². The van der Waals surface area contributed by atoms with Crippen molar-refractivity contribution in [2.45, 2.75) is 77.2 Å². The van der Waals surface area contributed by atoms with Crippen molar-refractivity contribution in [2.75, 3.05) is 7.11 Å². The van der Waals surface area contributed by atoms with Crippen molar-refractivity contribution >= 4 is 5.97 Å². The lowest BCUT2D eigenvalue weighted by molar-refractivity contribution is -0.138. The summed E-state index contributed by atoms with van der Waals surface area (Å²) in [5.41, 5.74) is 4.39. The van der Waals surface area contributed by atoms with Crippen LogP contribution in [-0.2, 0) is 16.8 Å². The molecule has 0 bridgehead atoms. The number of methoxy groups -OCH3 is 1. The van der Waals surface area contributed by atoms with Crippen molar-refractivity contribution in [1.29, 1.82) is 0 Å². The van der Waals surface area contributed by atoms with E-state index in [4.69, 9.17) is 9.47 Å². The Morgan fingerprint density at radius 1 is 1.03 bits per heavy atom. The van der Waals surface area contributed by atoms with E-state index in [1.807, 2.05) is 36.4 Å². The zero-order valence-electron chi connectivity index (χ0n) is 23.4. The molecular weight excluding hydrogens is 491 g/mol. The predicted molar refractivity (Wildman–Crippen MR) is 152 cm³/mol. The van der Waals surface area contributed by atoms with Crippen LogP contribution in [0.4, 0.5) is 4.39 Å². The summed E-state index contributed by atoms with van der Waals surface area (Å²) in [7, 11) is 1.60. The third kappa shape index (κ3) is 5.68. The molecule has 2 fully saturated rings. The monoisotopic (exact) mass is 530 g/mol. The minimum Gasteiger partial charge on any atom is -0.497 e. The van der Waals surface area contributed by atoms with Gasteiger partial charge in [-0.15, -0.1) is 0 Å². The highest BCUT2D eigenvalue weighted by molar-refractivity contribution is 5.71. The van der Waals surface area contributed by atoms with Gasteiger partial charge in [-0.3, -0.25) is 4.79 Å². The molecule has 2 saturated carbocycles. The number of benzene rings is 3. The van der Waals surface area contributed by atoms with Gasteiger partial charge in [0.2, 0.25) is 0 Å². The molecule has 2 aliphatic rings. The zero-order valence-corrected chi connectivity index (χ0v) is 23.4. The summed E-state index contributed by atoms with van der Waals surface area (Å²) in [5, 5.41) is 9.55. The fourth-order valence-corrected chi connectivity index (χ4v) is 6.60. The molecule has 0 aliphatic heterocycles. The number of halogens is 1. The Balaban J connectivity index is 1.44. The molecule has 5 heteroatoms. The number of carbonyl (C=O) groups is 1. The molecule has 0 heterocycles. The van der Waals surface area contributed by atoms with Crippen molar-refractivity contribution in [3.63, 3.8) is 0 Å². The van der Waals surface area contributed by atoms with Crippen molar-refractivity contribution in [2.24, 2.45) is 11.3 Å². The average Bonchev–Trinajstić information content (AvgIpc) is 3.71. The number of carboxylic acid groups (broad SMARTS) is 1. The minimum atomic E-state index is -0.773. The summed E-state index contributed by atoms with van der Waals surface area (Å²) in [6.07, 6.45) is 5.61. The van der Waals surface area contributed by atoms with Crippen LogP contribution < -0.4 is 9.47 Å². The molecular formula is C34H39FO4. The van der Waals surface area contributed by atoms with Crippen molar-refractivity contribution in [3.05, 3.63) is 83.2 Å². The Labute approximate surface area is 231 Å². The first kappa shape index (κ1) is 27.2. The summed E-state index contributed by atoms with van der Waals surface area (Å²) in [5.74, 6) is 1.05. The highest BCUT2D eigenvalue weighted by atomic mass is 19.1. The van der Waals surface area contributed by atoms with Crippen LogP contribution in [0.3, 0.4) is 0 Å². The highest BCUT2D eigenvalue weighted by Gasteiger charge is 2.44. The van der Waals surface area contributed by atoms with Gasteiger partial charge in [0.25, 0.3) is 0 Å². The molecule has 0 amide bonds. The molecule has 0 aromatic heterocycles. The number of aliphatic carboxylic acids is 1. The van der Waals surface area contributed by atoms with Gasteiger partial charge in [-0.25, -0.2) is 4.39 Å². The second-order valence-electron chi connectivity index (χ2n) is 12.3. The zero-order chi connectivity index (χ0) is 27.8. The summed E-state index contributed by atoms with van der Waals surface area (Å²) >= 11 is 0. The third-order valence-electron chi connectivity index (χ3n) is 9.11. The maximum absolute atomic E-state index is 15.1. The van der Waals surface area contributed by atoms with Crippen molar-refractivity contribution in [1.82, 2.24) is 0 Å². The van der Waals surface area contributed by atoms with E-state index in [2.05, 4.69) is 26.8 Å². The molecule has 4 nitrogen and oxygen atoms in total. The molecule has 1 unspecified atom stereocenters. The van der Waals surface area contributed by atoms with E-state index in [1.165, 1.54) is 6.07 Å². The van der Waals surface area contributed by atoms with Gasteiger partial charge in [0.1, 0.15) is 23.9 Å². The fourth-order valence-electron chi connectivity index (χ4n) is 6.60. The van der Waals surface area contributed by atoms with Gasteiger partial charge >= 0.3 is 5.97 Å². The number of hydrogen-bond acceptors (Lipinski definition) is 3. The van der Waals surface area contributed by atoms with Crippen molar-refractivity contribution in [3.8, 4) is 22.6 Å². The molecule has 0 radical (unpaired) electrons. The number of ether oxygens (including phenoxy) is 2. The number of hydrogen-bond donors (Lipinski definition) is 1. The molecule has 39 heavy (non-hydrogen) atoms. The van der Waals surface area contributed by atoms with Gasteiger partial charge in [-0.05, 0) is 95.5 Å². The van der Waals surface area contributed by atoms with E-state index in [1.54, 1.807) is 19.2 Å². The molecule has 2 aliphatic carbocycles. The first-order valence-electron chi connectivity index (χ1n) is 14.0. The summed E-state index contributed by atoms with van der Waals surface area (Å²) in [6, 6.07) is 19.0. The van der Waals surface area contributed by atoms with Crippen LogP contribution in [0.5, 0.6) is 11.5 Å². The molecule has 206 valence electrons. The molecule has 1 N–H and O–H groups in total. The Morgan fingerprint density at radius 2 is 1.82 bits per heavy atom. The van der Waals surface area contributed by atoms with E-state index >= 15 is 4.39 Å². The van der Waals surface area contributed by atoms with Crippen LogP contribution in [0, 0.1) is 17.2 Å². The van der Waals surface area contributed by atoms with Crippen LogP contribution in [0.2, 0.25) is 0 Å². The van der Waals surface area contributed by atoms with E-state index in [0.29, 0.717) is 29.8 Å². The maximum Gasteiger partial charge on any atom is 0.304 e. The van der Waals surface area contributed by atoms with E-state index in [-0.39, 0.29) is 17.7 Å². The number of carboxylic acids is 1. The van der Waals surface area contributed by atoms with Crippen LogP contribution in [0.25, 0.3) is 11.1 Å². The Kier molecular flexibility index (Phi) is 7.45. The van der Waals surface area contributed by atoms with Gasteiger partial charge in [0.15, 0.2) is 0 Å². The first-order valence-corrected chi connectivity index (χ1v) is 14.0. The van der Waals surface area contributed by atoms with Gasteiger partial charge < -0.3 is 14.6 Å². The van der Waals surface area contributed by atoms with Gasteiger partial charge in [0, 0.05) is 11.0 Å². The molecule has 0 spiro atoms. The van der Waals surface area contributed by atoms with E-state index < -0.39 is 11.4 Å². The van der Waals surface area contributed by atoms with Gasteiger partial charge in [-0.2, -0.15) is 0 Å². The van der Waals surface area contributed by atoms with Gasteiger partial charge in [0.05, 0.1) is 13.5 Å². The Bertz CT molecular complexity index is 1360. The smallest absolute Gasteiger partial charge is 0.304 e. The molecule has 5 rings (SSSR count). The van der Waals surface area contributed by atoms with Crippen LogP contribution in [-0.4, -0.2) is 18.2 Å². The SMILES string of the molecule is COc1ccc(F)c(-c2ccc(COc3cccc(C(C)(CC(=O)O)C4CC4)c3)cc2[C@H]2CCCC2(C)C)c1. The Morgan fingerprint density at radius 3 is 2.49 bits per heavy atom. The van der Waals surface area contributed by atoms with E-state index in [9.17, 15) is 9.90 Å². The van der Waals surface area contributed by atoms with Crippen LogP contribution in [0.15, 0.2) is 60.7 Å². The quantitative estimate of drug-likeness (QED) is 0.285. The largest absolute Gasteiger partial charge is 0.497 e. The topological polar surface area (TPSA) is 55.8 Å². The first-order chi connectivity index (χ1) is 18.6. The summed E-state index contributed by atoms with van der Waals surface area (Å²) in [6.45, 7) is 7.05. The normalized spacial score (nSPS) is 19.9. The summed E-state index contributed by atoms with van der Waals surface area (Å²) < 4.78 is 26.7. The fraction of sp³-hybridized carbons (Fsp3) is 0.441. The molecule has 3 aromatic rings. The lowest BCUT2D eigenvalue weighted by atomic mass is 9.75. The third-order valence-corrected chi connectivity index (χ3v) is 9.11. The molecule has 2 atom stereocenters. The average molecular weight is 531 g/mol. The molecule has 0 saturated heterocycles. The van der Waals surface area contributed by atoms with E-state index in [0.717, 1.165) is 60.1 Å². The van der Waals surface area contributed by atoms with Crippen LogP contribution in [0.1, 0.15) is 81.9 Å².